The highest BCUT2D eigenvalue weighted by Gasteiger charge is 2.64. The second-order valence-electron chi connectivity index (χ2n) is 11.2. The summed E-state index contributed by atoms with van der Waals surface area (Å²) in [5.74, 6) is -0.00119. The highest BCUT2D eigenvalue weighted by atomic mass is 35.6. The molecule has 3 rings (SSSR count). The van der Waals surface area contributed by atoms with E-state index in [0.717, 1.165) is 11.1 Å². The highest BCUT2D eigenvalue weighted by Crippen LogP contribution is 2.65. The van der Waals surface area contributed by atoms with Crippen molar-refractivity contribution in [3.8, 4) is 5.75 Å². The fourth-order valence-corrected chi connectivity index (χ4v) is 7.76. The van der Waals surface area contributed by atoms with Crippen LogP contribution < -0.4 is 0 Å². The summed E-state index contributed by atoms with van der Waals surface area (Å²) >= 11 is 17.3. The normalized spacial score (nSPS) is 29.4. The van der Waals surface area contributed by atoms with Crippen LogP contribution in [-0.4, -0.2) is 69.8 Å². The van der Waals surface area contributed by atoms with E-state index in [4.69, 9.17) is 39.5 Å². The second-order valence-corrected chi connectivity index (χ2v) is 13.7. The van der Waals surface area contributed by atoms with E-state index in [2.05, 4.69) is 6.92 Å². The zero-order chi connectivity index (χ0) is 28.7. The number of likely N-dealkylation sites (tertiary alicyclic amines) is 1. The van der Waals surface area contributed by atoms with E-state index in [-0.39, 0.29) is 23.8 Å². The monoisotopic (exact) mass is 600 g/mol. The van der Waals surface area contributed by atoms with Crippen molar-refractivity contribution in [2.45, 2.75) is 87.3 Å². The molecule has 5 unspecified atom stereocenters. The Balaban J connectivity index is 2.13. The van der Waals surface area contributed by atoms with Gasteiger partial charge in [-0.05, 0) is 87.1 Å². The molecule has 0 spiro atoms. The number of hydrogen-bond acceptors (Lipinski definition) is 4. The third-order valence-electron chi connectivity index (χ3n) is 9.13. The van der Waals surface area contributed by atoms with E-state index in [1.165, 1.54) is 4.90 Å². The van der Waals surface area contributed by atoms with Crippen LogP contribution in [0.4, 0.5) is 18.0 Å². The second kappa shape index (κ2) is 11.4. The highest BCUT2D eigenvalue weighted by molar-refractivity contribution is 6.67. The van der Waals surface area contributed by atoms with E-state index >= 15 is 0 Å². The minimum atomic E-state index is -4.31. The topological polar surface area (TPSA) is 53.0 Å². The van der Waals surface area contributed by atoms with Crippen LogP contribution in [0.1, 0.15) is 64.0 Å². The Bertz CT molecular complexity index is 1010. The lowest BCUT2D eigenvalue weighted by molar-refractivity contribution is -0.157. The van der Waals surface area contributed by atoms with Crippen molar-refractivity contribution in [1.82, 2.24) is 9.80 Å². The van der Waals surface area contributed by atoms with Gasteiger partial charge in [0.25, 0.3) is 0 Å². The molecule has 0 radical (unpaired) electrons. The van der Waals surface area contributed by atoms with E-state index < -0.39 is 40.0 Å². The first kappa shape index (κ1) is 31.4. The van der Waals surface area contributed by atoms with Crippen LogP contribution in [0.3, 0.4) is 0 Å². The Morgan fingerprint density at radius 3 is 2.53 bits per heavy atom. The van der Waals surface area contributed by atoms with Crippen molar-refractivity contribution >= 4 is 40.9 Å². The van der Waals surface area contributed by atoms with Gasteiger partial charge in [-0.25, -0.2) is 4.79 Å². The summed E-state index contributed by atoms with van der Waals surface area (Å²) in [6, 6.07) is 4.58. The van der Waals surface area contributed by atoms with Gasteiger partial charge in [0.05, 0.1) is 6.54 Å². The zero-order valence-corrected chi connectivity index (χ0v) is 24.8. The van der Waals surface area contributed by atoms with Crippen LogP contribution in [0.2, 0.25) is 0 Å². The Morgan fingerprint density at radius 2 is 1.95 bits per heavy atom. The molecule has 1 heterocycles. The molecule has 38 heavy (non-hydrogen) atoms. The molecule has 1 N–H and O–H groups in total. The smallest absolute Gasteiger partial charge is 0.409 e. The number of phenols is 1. The number of benzene rings is 1. The number of hydrogen-bond donors (Lipinski definition) is 1. The number of ether oxygens (including phenoxy) is 1. The van der Waals surface area contributed by atoms with Crippen molar-refractivity contribution in [2.24, 2.45) is 11.3 Å². The third kappa shape index (κ3) is 6.13. The summed E-state index contributed by atoms with van der Waals surface area (Å²) < 4.78 is 44.5. The maximum Gasteiger partial charge on any atom is 0.409 e. The van der Waals surface area contributed by atoms with Crippen molar-refractivity contribution in [1.29, 1.82) is 0 Å². The van der Waals surface area contributed by atoms with Gasteiger partial charge >= 0.3 is 12.3 Å². The number of halogens is 6. The molecule has 2 aliphatic rings. The molecule has 216 valence electrons. The first-order valence-corrected chi connectivity index (χ1v) is 14.2. The van der Waals surface area contributed by atoms with Gasteiger partial charge in [-0.15, -0.1) is 0 Å². The molecule has 5 nitrogen and oxygen atoms in total. The Morgan fingerprint density at radius 1 is 1.29 bits per heavy atom. The first-order valence-electron chi connectivity index (χ1n) is 13.0. The van der Waals surface area contributed by atoms with Crippen molar-refractivity contribution < 1.29 is 27.8 Å². The minimum absolute atomic E-state index is 0.112. The predicted octanol–water partition coefficient (Wildman–Crippen LogP) is 7.62. The van der Waals surface area contributed by atoms with Gasteiger partial charge < -0.3 is 14.7 Å². The lowest BCUT2D eigenvalue weighted by atomic mass is 9.53. The Hall–Kier alpha value is -1.09. The maximum absolute atomic E-state index is 13.7. The molecular weight excluding hydrogens is 564 g/mol. The molecule has 1 amide bonds. The lowest BCUT2D eigenvalue weighted by Crippen LogP contribution is -2.58. The SMILES string of the molecule is CCC1N(CC(F)(F)F)CCCC2(c3cc(O)ccc3C)C(C(C)N(C)C(=O)OCC(Cl)(Cl)Cl)CCC12C. The molecule has 5 atom stereocenters. The standard InChI is InChI=1S/C27H38Cl3F3N2O3/c1-6-22-24(4)12-10-20(18(3)34(5)23(37)38-16-26(28,29)30)25(24,21-14-19(36)9-8-17(21)2)11-7-13-35(22)15-27(31,32)33/h8-9,14,18,20,22,36H,6-7,10-13,15-16H2,1-5H3. The number of phenolic OH excluding ortho intramolecular Hbond substituents is 1. The molecule has 1 saturated carbocycles. The van der Waals surface area contributed by atoms with E-state index in [1.807, 2.05) is 26.8 Å². The van der Waals surface area contributed by atoms with Crippen LogP contribution in [-0.2, 0) is 10.2 Å². The van der Waals surface area contributed by atoms with Crippen LogP contribution >= 0.6 is 34.8 Å². The summed E-state index contributed by atoms with van der Waals surface area (Å²) in [5.41, 5.74) is 0.752. The molecule has 0 aromatic heterocycles. The molecule has 1 aliphatic heterocycles. The number of amides is 1. The number of carbonyl (C=O) groups excluding carboxylic acids is 1. The zero-order valence-electron chi connectivity index (χ0n) is 22.5. The summed E-state index contributed by atoms with van der Waals surface area (Å²) in [7, 11) is 1.63. The van der Waals surface area contributed by atoms with Gasteiger partial charge in [-0.1, -0.05) is 54.7 Å². The number of nitrogens with zero attached hydrogens (tertiary/aromatic N) is 2. The Labute approximate surface area is 238 Å². The third-order valence-corrected chi connectivity index (χ3v) is 9.46. The van der Waals surface area contributed by atoms with Crippen molar-refractivity contribution in [2.75, 3.05) is 26.7 Å². The van der Waals surface area contributed by atoms with E-state index in [1.54, 1.807) is 24.1 Å². The van der Waals surface area contributed by atoms with Crippen LogP contribution in [0, 0.1) is 18.3 Å². The molecule has 1 aromatic carbocycles. The molecule has 1 aromatic rings. The number of aromatic hydroxyl groups is 1. The van der Waals surface area contributed by atoms with Crippen LogP contribution in [0.15, 0.2) is 18.2 Å². The van der Waals surface area contributed by atoms with Gasteiger partial charge in [0, 0.05) is 24.5 Å². The summed E-state index contributed by atoms with van der Waals surface area (Å²) in [5, 5.41) is 10.6. The summed E-state index contributed by atoms with van der Waals surface area (Å²) in [6.45, 7) is 6.93. The number of aryl methyl sites for hydroxylation is 1. The average molecular weight is 602 g/mol. The molecule has 2 fully saturated rings. The minimum Gasteiger partial charge on any atom is -0.508 e. The van der Waals surface area contributed by atoms with Gasteiger partial charge in [0.15, 0.2) is 0 Å². The molecular formula is C27H38Cl3F3N2O3. The first-order chi connectivity index (χ1) is 17.5. The van der Waals surface area contributed by atoms with Gasteiger partial charge in [-0.2, -0.15) is 13.2 Å². The maximum atomic E-state index is 13.7. The van der Waals surface area contributed by atoms with E-state index in [0.29, 0.717) is 38.6 Å². The lowest BCUT2D eigenvalue weighted by Gasteiger charge is -2.54. The van der Waals surface area contributed by atoms with Gasteiger partial charge in [0.1, 0.15) is 12.4 Å². The summed E-state index contributed by atoms with van der Waals surface area (Å²) in [6.07, 6.45) is -1.83. The average Bonchev–Trinajstić information content (AvgIpc) is 3.03. The van der Waals surface area contributed by atoms with Crippen molar-refractivity contribution in [3.05, 3.63) is 29.3 Å². The van der Waals surface area contributed by atoms with Crippen molar-refractivity contribution in [3.63, 3.8) is 0 Å². The van der Waals surface area contributed by atoms with Gasteiger partial charge in [-0.3, -0.25) is 4.90 Å². The molecule has 0 bridgehead atoms. The number of fused-ring (bicyclic) bond motifs is 1. The number of carbonyl (C=O) groups is 1. The molecule has 1 saturated heterocycles. The van der Waals surface area contributed by atoms with Gasteiger partial charge in [0.2, 0.25) is 3.79 Å². The van der Waals surface area contributed by atoms with Crippen LogP contribution in [0.5, 0.6) is 5.75 Å². The summed E-state index contributed by atoms with van der Waals surface area (Å²) in [4.78, 5) is 16.0. The fraction of sp³-hybridized carbons (Fsp3) is 0.741. The Kier molecular flexibility index (Phi) is 9.45. The number of rotatable bonds is 6. The quantitative estimate of drug-likeness (QED) is 0.341. The van der Waals surface area contributed by atoms with Crippen LogP contribution in [0.25, 0.3) is 0 Å². The molecule has 1 aliphatic carbocycles. The van der Waals surface area contributed by atoms with E-state index in [9.17, 15) is 23.1 Å². The largest absolute Gasteiger partial charge is 0.508 e. The predicted molar refractivity (Wildman–Crippen MR) is 145 cm³/mol. The fourth-order valence-electron chi connectivity index (χ4n) is 7.60. The molecule has 11 heteroatoms. The number of alkyl halides is 6.